The van der Waals surface area contributed by atoms with Crippen molar-refractivity contribution in [1.29, 1.82) is 0 Å². The van der Waals surface area contributed by atoms with Crippen LogP contribution in [0.25, 0.3) is 10.8 Å². The van der Waals surface area contributed by atoms with Crippen molar-refractivity contribution in [2.45, 2.75) is 45.4 Å². The van der Waals surface area contributed by atoms with E-state index < -0.39 is 6.23 Å². The fourth-order valence-corrected chi connectivity index (χ4v) is 5.50. The Labute approximate surface area is 197 Å². The molecule has 5 rings (SSSR count). The lowest BCUT2D eigenvalue weighted by molar-refractivity contribution is 0.0967. The van der Waals surface area contributed by atoms with Crippen LogP contribution in [0.3, 0.4) is 0 Å². The number of aliphatic imine (C=N–C) groups is 1. The molecule has 2 N–H and O–H groups in total. The van der Waals surface area contributed by atoms with Crippen molar-refractivity contribution in [2.75, 3.05) is 13.6 Å². The van der Waals surface area contributed by atoms with Gasteiger partial charge in [-0.1, -0.05) is 35.9 Å². The Kier molecular flexibility index (Phi) is 6.10. The van der Waals surface area contributed by atoms with Gasteiger partial charge in [-0.2, -0.15) is 0 Å². The summed E-state index contributed by atoms with van der Waals surface area (Å²) < 4.78 is 0. The first-order valence-corrected chi connectivity index (χ1v) is 12.2. The molecule has 1 aromatic heterocycles. The van der Waals surface area contributed by atoms with Gasteiger partial charge in [0.2, 0.25) is 0 Å². The second kappa shape index (κ2) is 9.17. The van der Waals surface area contributed by atoms with Gasteiger partial charge in [-0.3, -0.25) is 4.79 Å². The van der Waals surface area contributed by atoms with Gasteiger partial charge in [-0.25, -0.2) is 9.98 Å². The Balaban J connectivity index is 1.34. The third-order valence-electron chi connectivity index (χ3n) is 6.22. The zero-order valence-corrected chi connectivity index (χ0v) is 19.8. The van der Waals surface area contributed by atoms with Crippen LogP contribution in [-0.2, 0) is 13.0 Å². The zero-order valence-electron chi connectivity index (χ0n) is 19.0. The van der Waals surface area contributed by atoms with Crippen molar-refractivity contribution < 1.29 is 9.90 Å². The van der Waals surface area contributed by atoms with Crippen LogP contribution in [0.1, 0.15) is 57.0 Å². The molecule has 1 aliphatic carbocycles. The lowest BCUT2D eigenvalue weighted by Gasteiger charge is -2.20. The zero-order chi connectivity index (χ0) is 22.9. The highest BCUT2D eigenvalue weighted by Gasteiger charge is 2.23. The van der Waals surface area contributed by atoms with E-state index >= 15 is 0 Å². The number of aromatic nitrogens is 1. The maximum absolute atomic E-state index is 13.0. The van der Waals surface area contributed by atoms with Gasteiger partial charge >= 0.3 is 0 Å². The highest BCUT2D eigenvalue weighted by Crippen LogP contribution is 2.30. The number of likely N-dealkylation sites (N-methyl/N-ethyl adjacent to an activating group) is 1. The van der Waals surface area contributed by atoms with Gasteiger partial charge in [-0.15, -0.1) is 11.3 Å². The van der Waals surface area contributed by atoms with Gasteiger partial charge in [0.1, 0.15) is 5.01 Å². The minimum Gasteiger partial charge on any atom is -0.366 e. The van der Waals surface area contributed by atoms with Gasteiger partial charge in [0.25, 0.3) is 5.91 Å². The van der Waals surface area contributed by atoms with Gasteiger partial charge in [0.05, 0.1) is 17.1 Å². The average molecular weight is 461 g/mol. The number of nitrogens with zero attached hydrogens (tertiary/aromatic N) is 3. The van der Waals surface area contributed by atoms with Crippen LogP contribution in [-0.4, -0.2) is 40.2 Å². The van der Waals surface area contributed by atoms with Crippen LogP contribution in [0.5, 0.6) is 0 Å². The Bertz CT molecular complexity index is 1280. The number of rotatable bonds is 4. The number of allylic oxidation sites excluding steroid dienone is 2. The van der Waals surface area contributed by atoms with E-state index in [4.69, 9.17) is 0 Å². The smallest absolute Gasteiger partial charge is 0.255 e. The first-order valence-electron chi connectivity index (χ1n) is 11.4. The molecule has 7 heteroatoms. The molecule has 0 saturated carbocycles. The molecule has 2 heterocycles. The number of carbonyl (C=O) groups excluding carboxylic acids is 1. The molecule has 0 spiro atoms. The summed E-state index contributed by atoms with van der Waals surface area (Å²) in [5.74, 6) is -0.166. The maximum Gasteiger partial charge on any atom is 0.255 e. The number of amides is 1. The Morgan fingerprint density at radius 3 is 2.91 bits per heavy atom. The summed E-state index contributed by atoms with van der Waals surface area (Å²) in [6.45, 7) is 3.90. The van der Waals surface area contributed by atoms with Crippen molar-refractivity contribution >= 4 is 33.7 Å². The number of aliphatic hydroxyl groups excluding tert-OH is 1. The Morgan fingerprint density at radius 1 is 1.21 bits per heavy atom. The first-order chi connectivity index (χ1) is 16.0. The lowest BCUT2D eigenvalue weighted by Crippen LogP contribution is -2.29. The SMILES string of the molecule is Cc1ccc2cc(C(=O)NC3=CCCCC3=NC(O)c3nc4c(s3)CN(C)CC4)ccc2c1. The van der Waals surface area contributed by atoms with Crippen molar-refractivity contribution in [1.82, 2.24) is 15.2 Å². The quantitative estimate of drug-likeness (QED) is 0.600. The van der Waals surface area contributed by atoms with E-state index in [-0.39, 0.29) is 5.91 Å². The number of hydrogen-bond donors (Lipinski definition) is 2. The fraction of sp³-hybridized carbons (Fsp3) is 0.346. The summed E-state index contributed by atoms with van der Waals surface area (Å²) >= 11 is 1.53. The highest BCUT2D eigenvalue weighted by molar-refractivity contribution is 7.11. The fourth-order valence-electron chi connectivity index (χ4n) is 4.38. The van der Waals surface area contributed by atoms with E-state index in [0.29, 0.717) is 22.7 Å². The molecule has 1 aliphatic heterocycles. The Hall–Kier alpha value is -2.87. The number of aliphatic hydroxyl groups is 1. The summed E-state index contributed by atoms with van der Waals surface area (Å²) in [5, 5.41) is 16.6. The lowest BCUT2D eigenvalue weighted by atomic mass is 10.0. The van der Waals surface area contributed by atoms with Crippen LogP contribution in [0.2, 0.25) is 0 Å². The second-order valence-corrected chi connectivity index (χ2v) is 10.0. The van der Waals surface area contributed by atoms with Gasteiger partial charge in [-0.05, 0) is 56.1 Å². The largest absolute Gasteiger partial charge is 0.366 e. The number of carbonyl (C=O) groups is 1. The van der Waals surface area contributed by atoms with Crippen molar-refractivity contribution in [3.05, 3.63) is 74.9 Å². The number of hydrogen-bond acceptors (Lipinski definition) is 6. The van der Waals surface area contributed by atoms with Crippen LogP contribution < -0.4 is 5.32 Å². The molecule has 33 heavy (non-hydrogen) atoms. The molecular weight excluding hydrogens is 432 g/mol. The third-order valence-corrected chi connectivity index (χ3v) is 7.34. The number of aryl methyl sites for hydroxylation is 1. The van der Waals surface area contributed by atoms with Crippen molar-refractivity contribution in [3.63, 3.8) is 0 Å². The van der Waals surface area contributed by atoms with Crippen LogP contribution >= 0.6 is 11.3 Å². The van der Waals surface area contributed by atoms with Gasteiger partial charge in [0.15, 0.2) is 6.23 Å². The summed E-state index contributed by atoms with van der Waals surface area (Å²) in [5.41, 5.74) is 4.29. The molecule has 0 fully saturated rings. The summed E-state index contributed by atoms with van der Waals surface area (Å²) in [6, 6.07) is 11.9. The van der Waals surface area contributed by atoms with E-state index in [0.717, 1.165) is 54.5 Å². The van der Waals surface area contributed by atoms with Gasteiger partial charge in [0, 0.05) is 30.0 Å². The number of thiazole rings is 1. The molecule has 6 nitrogen and oxygen atoms in total. The molecule has 2 aromatic carbocycles. The number of fused-ring (bicyclic) bond motifs is 2. The normalized spacial score (nSPS) is 18.8. The summed E-state index contributed by atoms with van der Waals surface area (Å²) in [4.78, 5) is 25.7. The molecule has 0 bridgehead atoms. The topological polar surface area (TPSA) is 77.8 Å². The molecule has 1 atom stereocenters. The van der Waals surface area contributed by atoms with Crippen LogP contribution in [0.15, 0.2) is 53.2 Å². The van der Waals surface area contributed by atoms with Crippen molar-refractivity contribution in [2.24, 2.45) is 4.99 Å². The number of nitrogens with one attached hydrogen (secondary N) is 1. The molecule has 170 valence electrons. The Morgan fingerprint density at radius 2 is 2.03 bits per heavy atom. The van der Waals surface area contributed by atoms with E-state index in [1.807, 2.05) is 36.4 Å². The van der Waals surface area contributed by atoms with Crippen LogP contribution in [0, 0.1) is 6.92 Å². The van der Waals surface area contributed by atoms with E-state index in [1.54, 1.807) is 0 Å². The molecule has 0 radical (unpaired) electrons. The highest BCUT2D eigenvalue weighted by atomic mass is 32.1. The van der Waals surface area contributed by atoms with Crippen molar-refractivity contribution in [3.8, 4) is 0 Å². The predicted octanol–water partition coefficient (Wildman–Crippen LogP) is 4.52. The summed E-state index contributed by atoms with van der Waals surface area (Å²) in [7, 11) is 2.09. The molecule has 2 aliphatic rings. The minimum atomic E-state index is -1.01. The predicted molar refractivity (Wildman–Crippen MR) is 133 cm³/mol. The van der Waals surface area contributed by atoms with E-state index in [9.17, 15) is 9.90 Å². The van der Waals surface area contributed by atoms with Crippen LogP contribution in [0.4, 0.5) is 0 Å². The average Bonchev–Trinajstić information content (AvgIpc) is 3.23. The molecule has 1 unspecified atom stereocenters. The second-order valence-electron chi connectivity index (χ2n) is 8.89. The molecule has 1 amide bonds. The molecule has 3 aromatic rings. The maximum atomic E-state index is 13.0. The van der Waals surface area contributed by atoms with E-state index in [1.165, 1.54) is 21.8 Å². The summed E-state index contributed by atoms with van der Waals surface area (Å²) in [6.07, 6.45) is 4.42. The standard InChI is InChI=1S/C26H28N4O2S/c1-16-7-8-18-14-19(10-9-17(18)13-16)24(31)27-20-5-3-4-6-21(20)28-25(32)26-29-22-11-12-30(2)15-23(22)33-26/h5,7-10,13-14,25,32H,3-4,6,11-12,15H2,1-2H3,(H,27,31). The van der Waals surface area contributed by atoms with E-state index in [2.05, 4.69) is 40.2 Å². The third kappa shape index (κ3) is 4.76. The minimum absolute atomic E-state index is 0.166. The monoisotopic (exact) mass is 460 g/mol. The number of benzene rings is 2. The first kappa shape index (κ1) is 21.9. The molecular formula is C26H28N4O2S. The van der Waals surface area contributed by atoms with Gasteiger partial charge < -0.3 is 15.3 Å². The molecule has 0 saturated heterocycles.